The van der Waals surface area contributed by atoms with Crippen molar-refractivity contribution in [1.82, 2.24) is 4.90 Å². The Balaban J connectivity index is 0.00000225. The monoisotopic (exact) mass is 429 g/mol. The second kappa shape index (κ2) is 8.52. The third-order valence-electron chi connectivity index (χ3n) is 5.11. The quantitative estimate of drug-likeness (QED) is 0.802. The molecule has 0 saturated carbocycles. The van der Waals surface area contributed by atoms with Crippen molar-refractivity contribution in [1.29, 1.82) is 0 Å². The molecule has 0 spiro atoms. The van der Waals surface area contributed by atoms with Gasteiger partial charge in [0, 0.05) is 42.3 Å². The number of piperidine rings is 1. The first-order chi connectivity index (χ1) is 11.5. The van der Waals surface area contributed by atoms with Crippen molar-refractivity contribution < 1.29 is 9.59 Å². The predicted molar refractivity (Wildman–Crippen MR) is 105 cm³/mol. The van der Waals surface area contributed by atoms with Gasteiger partial charge in [0.25, 0.3) is 0 Å². The zero-order valence-corrected chi connectivity index (χ0v) is 16.8. The van der Waals surface area contributed by atoms with Crippen LogP contribution in [0.3, 0.4) is 0 Å². The van der Waals surface area contributed by atoms with Crippen molar-refractivity contribution in [3.8, 4) is 0 Å². The van der Waals surface area contributed by atoms with E-state index >= 15 is 0 Å². The molecule has 2 fully saturated rings. The van der Waals surface area contributed by atoms with Gasteiger partial charge in [-0.05, 0) is 43.9 Å². The van der Waals surface area contributed by atoms with E-state index < -0.39 is 0 Å². The first-order valence-corrected chi connectivity index (χ1v) is 9.35. The highest BCUT2D eigenvalue weighted by atomic mass is 79.9. The van der Waals surface area contributed by atoms with Crippen LogP contribution in [0.4, 0.5) is 5.69 Å². The lowest BCUT2D eigenvalue weighted by molar-refractivity contribution is -0.137. The largest absolute Gasteiger partial charge is 0.342 e. The summed E-state index contributed by atoms with van der Waals surface area (Å²) in [5.41, 5.74) is 6.86. The maximum atomic E-state index is 12.9. The van der Waals surface area contributed by atoms with E-state index in [4.69, 9.17) is 5.73 Å². The van der Waals surface area contributed by atoms with Crippen LogP contribution < -0.4 is 10.6 Å². The van der Waals surface area contributed by atoms with Crippen molar-refractivity contribution in [3.63, 3.8) is 0 Å². The number of hydrogen-bond acceptors (Lipinski definition) is 3. The molecule has 7 heteroatoms. The summed E-state index contributed by atoms with van der Waals surface area (Å²) in [5.74, 6) is 0.239. The van der Waals surface area contributed by atoms with Crippen LogP contribution in [0.2, 0.25) is 0 Å². The molecule has 0 aliphatic carbocycles. The van der Waals surface area contributed by atoms with E-state index in [1.165, 1.54) is 0 Å². The Morgan fingerprint density at radius 1 is 1.36 bits per heavy atom. The average molecular weight is 431 g/mol. The number of amides is 2. The molecular formula is C18H25BrClN3O2. The SMILES string of the molecule is CC(N)C1CCCN(C(=O)C2CC(=O)N(c3cccc(Br)c3)C2)C1.Cl. The van der Waals surface area contributed by atoms with Crippen molar-refractivity contribution in [3.05, 3.63) is 28.7 Å². The zero-order chi connectivity index (χ0) is 17.3. The summed E-state index contributed by atoms with van der Waals surface area (Å²) in [6.07, 6.45) is 2.37. The molecule has 138 valence electrons. The Bertz CT molecular complexity index is 641. The van der Waals surface area contributed by atoms with Gasteiger partial charge in [-0.2, -0.15) is 0 Å². The van der Waals surface area contributed by atoms with Crippen LogP contribution in [0, 0.1) is 11.8 Å². The summed E-state index contributed by atoms with van der Waals surface area (Å²) >= 11 is 3.43. The number of carbonyl (C=O) groups is 2. The highest BCUT2D eigenvalue weighted by Crippen LogP contribution is 2.29. The third kappa shape index (κ3) is 4.54. The molecule has 2 heterocycles. The van der Waals surface area contributed by atoms with Gasteiger partial charge >= 0.3 is 0 Å². The lowest BCUT2D eigenvalue weighted by atomic mass is 9.91. The minimum atomic E-state index is -0.247. The van der Waals surface area contributed by atoms with Gasteiger partial charge in [-0.15, -0.1) is 12.4 Å². The first kappa shape index (κ1) is 20.2. The Morgan fingerprint density at radius 3 is 2.80 bits per heavy atom. The highest BCUT2D eigenvalue weighted by Gasteiger charge is 2.38. The fraction of sp³-hybridized carbons (Fsp3) is 0.556. The smallest absolute Gasteiger partial charge is 0.228 e. The van der Waals surface area contributed by atoms with Gasteiger partial charge < -0.3 is 15.5 Å². The second-order valence-corrected chi connectivity index (χ2v) is 7.85. The molecule has 25 heavy (non-hydrogen) atoms. The molecule has 3 unspecified atom stereocenters. The van der Waals surface area contributed by atoms with Crippen molar-refractivity contribution in [2.45, 2.75) is 32.2 Å². The van der Waals surface area contributed by atoms with E-state index in [1.54, 1.807) is 4.90 Å². The molecule has 2 amide bonds. The summed E-state index contributed by atoms with van der Waals surface area (Å²) < 4.78 is 0.929. The fourth-order valence-electron chi connectivity index (χ4n) is 3.66. The number of likely N-dealkylation sites (tertiary alicyclic amines) is 1. The molecule has 2 N–H and O–H groups in total. The molecule has 2 aliphatic heterocycles. The Morgan fingerprint density at radius 2 is 2.12 bits per heavy atom. The van der Waals surface area contributed by atoms with E-state index in [2.05, 4.69) is 15.9 Å². The summed E-state index contributed by atoms with van der Waals surface area (Å²) in [7, 11) is 0. The van der Waals surface area contributed by atoms with Crippen molar-refractivity contribution in [2.75, 3.05) is 24.5 Å². The lowest BCUT2D eigenvalue weighted by Gasteiger charge is -2.35. The molecule has 0 radical (unpaired) electrons. The number of rotatable bonds is 3. The van der Waals surface area contributed by atoms with Crippen molar-refractivity contribution >= 4 is 45.8 Å². The number of halogens is 2. The topological polar surface area (TPSA) is 66.6 Å². The molecule has 2 aliphatic rings. The normalized spacial score (nSPS) is 24.8. The predicted octanol–water partition coefficient (Wildman–Crippen LogP) is 2.81. The Hall–Kier alpha value is -1.11. The van der Waals surface area contributed by atoms with E-state index in [0.29, 0.717) is 18.9 Å². The molecule has 0 aromatic heterocycles. The van der Waals surface area contributed by atoms with Gasteiger partial charge in [-0.3, -0.25) is 9.59 Å². The van der Waals surface area contributed by atoms with Crippen molar-refractivity contribution in [2.24, 2.45) is 17.6 Å². The number of nitrogens with two attached hydrogens (primary N) is 1. The standard InChI is InChI=1S/C18H24BrN3O2.ClH/c1-12(20)13-4-3-7-21(10-13)18(24)14-8-17(23)22(11-14)16-6-2-5-15(19)9-16;/h2,5-6,9,12-14H,3-4,7-8,10-11,20H2,1H3;1H. The van der Waals surface area contributed by atoms with Gasteiger partial charge in [-0.25, -0.2) is 0 Å². The van der Waals surface area contributed by atoms with Crippen LogP contribution in [0.5, 0.6) is 0 Å². The Labute approximate surface area is 163 Å². The third-order valence-corrected chi connectivity index (χ3v) is 5.60. The maximum absolute atomic E-state index is 12.9. The molecule has 1 aromatic carbocycles. The highest BCUT2D eigenvalue weighted by molar-refractivity contribution is 9.10. The van der Waals surface area contributed by atoms with E-state index in [0.717, 1.165) is 36.1 Å². The number of nitrogens with zero attached hydrogens (tertiary/aromatic N) is 2. The molecule has 2 saturated heterocycles. The number of benzene rings is 1. The van der Waals surface area contributed by atoms with Crippen LogP contribution in [0.15, 0.2) is 28.7 Å². The molecular weight excluding hydrogens is 406 g/mol. The van der Waals surface area contributed by atoms with Crippen LogP contribution >= 0.6 is 28.3 Å². The zero-order valence-electron chi connectivity index (χ0n) is 14.4. The summed E-state index contributed by atoms with van der Waals surface area (Å²) in [5, 5.41) is 0. The van der Waals surface area contributed by atoms with Crippen LogP contribution in [-0.2, 0) is 9.59 Å². The summed E-state index contributed by atoms with van der Waals surface area (Å²) in [6, 6.07) is 7.75. The second-order valence-electron chi connectivity index (χ2n) is 6.93. The number of anilines is 1. The van der Waals surface area contributed by atoms with Gasteiger partial charge in [0.15, 0.2) is 0 Å². The first-order valence-electron chi connectivity index (χ1n) is 8.56. The van der Waals surface area contributed by atoms with E-state index in [9.17, 15) is 9.59 Å². The summed E-state index contributed by atoms with van der Waals surface area (Å²) in [6.45, 7) is 3.97. The van der Waals surface area contributed by atoms with E-state index in [-0.39, 0.29) is 36.2 Å². The van der Waals surface area contributed by atoms with Gasteiger partial charge in [0.05, 0.1) is 5.92 Å². The van der Waals surface area contributed by atoms with Crippen LogP contribution in [-0.4, -0.2) is 42.4 Å². The number of hydrogen-bond donors (Lipinski definition) is 1. The fourth-order valence-corrected chi connectivity index (χ4v) is 4.05. The molecule has 0 bridgehead atoms. The average Bonchev–Trinajstić information content (AvgIpc) is 2.96. The molecule has 3 rings (SSSR count). The van der Waals surface area contributed by atoms with Gasteiger partial charge in [0.2, 0.25) is 11.8 Å². The van der Waals surface area contributed by atoms with E-state index in [1.807, 2.05) is 36.1 Å². The van der Waals surface area contributed by atoms with Gasteiger partial charge in [0.1, 0.15) is 0 Å². The molecule has 1 aromatic rings. The maximum Gasteiger partial charge on any atom is 0.228 e. The Kier molecular flexibility index (Phi) is 6.88. The summed E-state index contributed by atoms with van der Waals surface area (Å²) in [4.78, 5) is 28.9. The number of carbonyl (C=O) groups excluding carboxylic acids is 2. The molecule has 3 atom stereocenters. The minimum Gasteiger partial charge on any atom is -0.342 e. The lowest BCUT2D eigenvalue weighted by Crippen LogP contribution is -2.47. The van der Waals surface area contributed by atoms with Gasteiger partial charge in [-0.1, -0.05) is 22.0 Å². The van der Waals surface area contributed by atoms with Crippen LogP contribution in [0.1, 0.15) is 26.2 Å². The van der Waals surface area contributed by atoms with Crippen LogP contribution in [0.25, 0.3) is 0 Å². The minimum absolute atomic E-state index is 0. The molecule has 5 nitrogen and oxygen atoms in total.